The van der Waals surface area contributed by atoms with E-state index in [0.29, 0.717) is 0 Å². The predicted molar refractivity (Wildman–Crippen MR) is 53.3 cm³/mol. The maximum Gasteiger partial charge on any atom is 0.178 e. The van der Waals surface area contributed by atoms with E-state index in [9.17, 15) is 17.2 Å². The van der Waals surface area contributed by atoms with E-state index < -0.39 is 26.4 Å². The Kier molecular flexibility index (Phi) is 3.95. The van der Waals surface area contributed by atoms with Gasteiger partial charge in [-0.25, -0.2) is 17.2 Å². The van der Waals surface area contributed by atoms with Crippen molar-refractivity contribution in [2.45, 2.75) is 11.4 Å². The van der Waals surface area contributed by atoms with E-state index in [2.05, 4.69) is 10.3 Å². The highest BCUT2D eigenvalue weighted by molar-refractivity contribution is 7.90. The Morgan fingerprint density at radius 3 is 2.44 bits per heavy atom. The van der Waals surface area contributed by atoms with Crippen molar-refractivity contribution in [2.24, 2.45) is 0 Å². The van der Waals surface area contributed by atoms with Crippen molar-refractivity contribution in [3.05, 3.63) is 29.3 Å². The van der Waals surface area contributed by atoms with Crippen molar-refractivity contribution in [1.82, 2.24) is 5.48 Å². The van der Waals surface area contributed by atoms with Crippen LogP contribution >= 0.6 is 0 Å². The Morgan fingerprint density at radius 1 is 1.31 bits per heavy atom. The maximum atomic E-state index is 13.4. The molecule has 0 radical (unpaired) electrons. The summed E-state index contributed by atoms with van der Waals surface area (Å²) in [6, 6.07) is 2.22. The molecule has 0 spiro atoms. The second kappa shape index (κ2) is 4.86. The van der Waals surface area contributed by atoms with Gasteiger partial charge in [0.25, 0.3) is 0 Å². The zero-order valence-corrected chi connectivity index (χ0v) is 9.57. The highest BCUT2D eigenvalue weighted by atomic mass is 32.2. The Labute approximate surface area is 92.1 Å². The zero-order chi connectivity index (χ0) is 12.3. The highest BCUT2D eigenvalue weighted by Gasteiger charge is 2.19. The molecule has 4 nitrogen and oxygen atoms in total. The van der Waals surface area contributed by atoms with Crippen molar-refractivity contribution in [3.63, 3.8) is 0 Å². The third kappa shape index (κ3) is 2.75. The summed E-state index contributed by atoms with van der Waals surface area (Å²) in [5.41, 5.74) is 2.33. The van der Waals surface area contributed by atoms with Crippen molar-refractivity contribution >= 4 is 9.84 Å². The smallest absolute Gasteiger partial charge is 0.178 e. The lowest BCUT2D eigenvalue weighted by Crippen LogP contribution is -2.14. The summed E-state index contributed by atoms with van der Waals surface area (Å²) >= 11 is 0. The second-order valence-corrected chi connectivity index (χ2v) is 5.13. The predicted octanol–water partition coefficient (Wildman–Crippen LogP) is 1.02. The van der Waals surface area contributed by atoms with Gasteiger partial charge in [0.15, 0.2) is 21.5 Å². The molecule has 0 saturated heterocycles. The second-order valence-electron chi connectivity index (χ2n) is 3.15. The normalized spacial score (nSPS) is 11.8. The number of nitrogens with one attached hydrogen (secondary N) is 1. The summed E-state index contributed by atoms with van der Waals surface area (Å²) in [5.74, 6) is -2.55. The topological polar surface area (TPSA) is 55.4 Å². The molecule has 0 heterocycles. The molecule has 0 unspecified atom stereocenters. The van der Waals surface area contributed by atoms with Crippen molar-refractivity contribution in [3.8, 4) is 0 Å². The van der Waals surface area contributed by atoms with E-state index in [4.69, 9.17) is 0 Å². The SMILES string of the molecule is CONCc1ccc(S(C)(=O)=O)c(F)c1F. The molecule has 7 heteroatoms. The molecule has 0 amide bonds. The third-order valence-electron chi connectivity index (χ3n) is 1.93. The van der Waals surface area contributed by atoms with Crippen LogP contribution < -0.4 is 5.48 Å². The molecule has 1 aromatic carbocycles. The van der Waals surface area contributed by atoms with E-state index in [1.54, 1.807) is 0 Å². The van der Waals surface area contributed by atoms with Gasteiger partial charge in [0.1, 0.15) is 4.90 Å². The van der Waals surface area contributed by atoms with Crippen LogP contribution in [0.3, 0.4) is 0 Å². The average molecular weight is 251 g/mol. The Balaban J connectivity index is 3.19. The Morgan fingerprint density at radius 2 is 1.94 bits per heavy atom. The average Bonchev–Trinajstić information content (AvgIpc) is 2.18. The quantitative estimate of drug-likeness (QED) is 0.812. The fourth-order valence-electron chi connectivity index (χ4n) is 1.14. The lowest BCUT2D eigenvalue weighted by molar-refractivity contribution is 0.0857. The van der Waals surface area contributed by atoms with Crippen LogP contribution in [0.2, 0.25) is 0 Å². The van der Waals surface area contributed by atoms with E-state index in [1.165, 1.54) is 13.2 Å². The third-order valence-corrected chi connectivity index (χ3v) is 3.05. The molecule has 0 aromatic heterocycles. The van der Waals surface area contributed by atoms with Gasteiger partial charge in [0, 0.05) is 18.4 Å². The number of hydroxylamine groups is 1. The number of rotatable bonds is 4. The minimum Gasteiger partial charge on any atom is -0.305 e. The summed E-state index contributed by atoms with van der Waals surface area (Å²) in [5, 5.41) is 0. The van der Waals surface area contributed by atoms with Gasteiger partial charge < -0.3 is 4.84 Å². The first kappa shape index (κ1) is 13.0. The van der Waals surface area contributed by atoms with Crippen LogP contribution in [0.4, 0.5) is 8.78 Å². The molecule has 1 rings (SSSR count). The largest absolute Gasteiger partial charge is 0.305 e. The number of sulfone groups is 1. The molecular weight excluding hydrogens is 240 g/mol. The van der Waals surface area contributed by atoms with E-state index in [-0.39, 0.29) is 12.1 Å². The Hall–Kier alpha value is -1.05. The summed E-state index contributed by atoms with van der Waals surface area (Å²) in [7, 11) is -2.43. The molecule has 16 heavy (non-hydrogen) atoms. The van der Waals surface area contributed by atoms with Crippen LogP contribution in [-0.2, 0) is 21.2 Å². The summed E-state index contributed by atoms with van der Waals surface area (Å²) < 4.78 is 48.9. The minimum absolute atomic E-state index is 0.00764. The van der Waals surface area contributed by atoms with Gasteiger partial charge in [-0.1, -0.05) is 6.07 Å². The van der Waals surface area contributed by atoms with E-state index in [0.717, 1.165) is 12.3 Å². The van der Waals surface area contributed by atoms with Gasteiger partial charge in [-0.2, -0.15) is 5.48 Å². The Bertz CT molecular complexity index is 488. The molecule has 0 saturated carbocycles. The van der Waals surface area contributed by atoms with E-state index >= 15 is 0 Å². The minimum atomic E-state index is -3.76. The van der Waals surface area contributed by atoms with Crippen LogP contribution in [0, 0.1) is 11.6 Å². The van der Waals surface area contributed by atoms with Crippen LogP contribution in [0.5, 0.6) is 0 Å². The van der Waals surface area contributed by atoms with Gasteiger partial charge in [-0.15, -0.1) is 0 Å². The lowest BCUT2D eigenvalue weighted by atomic mass is 10.2. The van der Waals surface area contributed by atoms with Gasteiger partial charge in [-0.3, -0.25) is 0 Å². The fourth-order valence-corrected chi connectivity index (χ4v) is 1.87. The highest BCUT2D eigenvalue weighted by Crippen LogP contribution is 2.20. The lowest BCUT2D eigenvalue weighted by Gasteiger charge is -2.07. The molecule has 1 N–H and O–H groups in total. The van der Waals surface area contributed by atoms with Crippen LogP contribution in [0.15, 0.2) is 17.0 Å². The van der Waals surface area contributed by atoms with Gasteiger partial charge in [0.05, 0.1) is 7.11 Å². The first-order chi connectivity index (χ1) is 7.38. The van der Waals surface area contributed by atoms with Crippen LogP contribution in [-0.4, -0.2) is 21.8 Å². The molecule has 0 aliphatic heterocycles. The summed E-state index contributed by atoms with van der Waals surface area (Å²) in [4.78, 5) is 3.83. The zero-order valence-electron chi connectivity index (χ0n) is 8.75. The van der Waals surface area contributed by atoms with Gasteiger partial charge in [-0.05, 0) is 6.07 Å². The molecular formula is C9H11F2NO3S. The first-order valence-corrected chi connectivity index (χ1v) is 6.20. The number of benzene rings is 1. The monoisotopic (exact) mass is 251 g/mol. The molecule has 1 aromatic rings. The summed E-state index contributed by atoms with van der Waals surface area (Å²) in [6.45, 7) is -0.0523. The first-order valence-electron chi connectivity index (χ1n) is 4.30. The molecule has 0 fully saturated rings. The van der Waals surface area contributed by atoms with Gasteiger partial charge in [0.2, 0.25) is 0 Å². The summed E-state index contributed by atoms with van der Waals surface area (Å²) in [6.07, 6.45) is 0.817. The molecule has 0 bridgehead atoms. The van der Waals surface area contributed by atoms with Crippen molar-refractivity contribution in [2.75, 3.05) is 13.4 Å². The standard InChI is InChI=1S/C9H11F2NO3S/c1-15-12-5-6-3-4-7(16(2,13)14)9(11)8(6)10/h3-4,12H,5H2,1-2H3. The molecule has 90 valence electrons. The molecule has 0 aliphatic rings. The van der Waals surface area contributed by atoms with Crippen molar-refractivity contribution < 1.29 is 22.0 Å². The van der Waals surface area contributed by atoms with Crippen molar-refractivity contribution in [1.29, 1.82) is 0 Å². The number of hydrogen-bond donors (Lipinski definition) is 1. The number of hydrogen-bond acceptors (Lipinski definition) is 4. The van der Waals surface area contributed by atoms with Crippen LogP contribution in [0.1, 0.15) is 5.56 Å². The van der Waals surface area contributed by atoms with Gasteiger partial charge >= 0.3 is 0 Å². The number of halogens is 2. The van der Waals surface area contributed by atoms with Crippen LogP contribution in [0.25, 0.3) is 0 Å². The van der Waals surface area contributed by atoms with E-state index in [1.807, 2.05) is 0 Å². The molecule has 0 aliphatic carbocycles. The maximum absolute atomic E-state index is 13.4. The molecule has 0 atom stereocenters. The fraction of sp³-hybridized carbons (Fsp3) is 0.333.